The third-order valence-electron chi connectivity index (χ3n) is 8.77. The lowest BCUT2D eigenvalue weighted by molar-refractivity contribution is -0.127. The van der Waals surface area contributed by atoms with Crippen LogP contribution in [0.1, 0.15) is 113 Å². The van der Waals surface area contributed by atoms with Gasteiger partial charge in [-0.25, -0.2) is 4.98 Å². The molecule has 0 bridgehead atoms. The summed E-state index contributed by atoms with van der Waals surface area (Å²) >= 11 is 0. The van der Waals surface area contributed by atoms with Crippen molar-refractivity contribution in [3.63, 3.8) is 0 Å². The molecule has 246 valence electrons. The van der Waals surface area contributed by atoms with E-state index in [0.29, 0.717) is 36.6 Å². The maximum Gasteiger partial charge on any atom is 0.161 e. The number of aromatic nitrogens is 2. The molecule has 0 aliphatic rings. The number of H-pyrrole nitrogens is 1. The average molecular weight is 620 g/mol. The summed E-state index contributed by atoms with van der Waals surface area (Å²) in [5.41, 5.74) is 9.19. The predicted molar refractivity (Wildman–Crippen MR) is 180 cm³/mol. The van der Waals surface area contributed by atoms with E-state index in [1.165, 1.54) is 20.0 Å². The number of phenolic OH excluding ortho intramolecular Hbond substituents is 1. The molecule has 8 heteroatoms. The van der Waals surface area contributed by atoms with Crippen LogP contribution >= 0.6 is 0 Å². The molecule has 3 rings (SSSR count). The second kappa shape index (κ2) is 19.0. The molecule has 1 aromatic carbocycles. The van der Waals surface area contributed by atoms with Crippen molar-refractivity contribution in [2.75, 3.05) is 19.5 Å². The van der Waals surface area contributed by atoms with Crippen LogP contribution < -0.4 is 10.5 Å². The molecule has 2 unspecified atom stereocenters. The number of benzene rings is 1. The van der Waals surface area contributed by atoms with Crippen molar-refractivity contribution in [1.82, 2.24) is 9.97 Å². The van der Waals surface area contributed by atoms with Crippen molar-refractivity contribution in [2.24, 2.45) is 11.8 Å². The number of nitrogen functional groups attached to an aromatic ring is 1. The van der Waals surface area contributed by atoms with E-state index in [1.54, 1.807) is 18.3 Å². The number of carbonyl (C=O) groups is 2. The molecule has 45 heavy (non-hydrogen) atoms. The molecule has 0 amide bonds. The Bertz CT molecular complexity index is 1310. The number of Topliss-reactive ketones (excluding diaryl/α,β-unsaturated/α-hetero) is 2. The first-order chi connectivity index (χ1) is 21.8. The van der Waals surface area contributed by atoms with E-state index in [9.17, 15) is 19.8 Å². The maximum absolute atomic E-state index is 13.0. The Morgan fingerprint density at radius 1 is 1.02 bits per heavy atom. The first-order valence-electron chi connectivity index (χ1n) is 16.7. The lowest BCUT2D eigenvalue weighted by Gasteiger charge is -2.28. The van der Waals surface area contributed by atoms with E-state index in [1.807, 2.05) is 30.5 Å². The SMILES string of the molecule is CCCCCC(CCCCC)CC(=O)CC(=O)CCc1cc(OC)c(O)c(C(c2ccnc(N)c2)C(CO)Cc2ccc[nH]2)c1. The lowest BCUT2D eigenvalue weighted by atomic mass is 9.78. The topological polar surface area (TPSA) is 139 Å². The number of aryl methyl sites for hydroxylation is 1. The zero-order chi connectivity index (χ0) is 32.6. The van der Waals surface area contributed by atoms with Gasteiger partial charge in [0.25, 0.3) is 0 Å². The maximum atomic E-state index is 13.0. The fraction of sp³-hybridized carbons (Fsp3) is 0.541. The zero-order valence-corrected chi connectivity index (χ0v) is 27.4. The van der Waals surface area contributed by atoms with Crippen molar-refractivity contribution in [3.05, 3.63) is 71.2 Å². The molecule has 2 aromatic heterocycles. The first kappa shape index (κ1) is 35.8. The van der Waals surface area contributed by atoms with Crippen molar-refractivity contribution in [1.29, 1.82) is 0 Å². The normalized spacial score (nSPS) is 12.7. The summed E-state index contributed by atoms with van der Waals surface area (Å²) in [6.45, 7) is 4.23. The minimum Gasteiger partial charge on any atom is -0.504 e. The third-order valence-corrected chi connectivity index (χ3v) is 8.77. The molecule has 0 aliphatic heterocycles. The number of methoxy groups -OCH3 is 1. The summed E-state index contributed by atoms with van der Waals surface area (Å²) in [6.07, 6.45) is 14.1. The quantitative estimate of drug-likeness (QED) is 0.0683. The fourth-order valence-electron chi connectivity index (χ4n) is 6.36. The molecule has 0 radical (unpaired) electrons. The highest BCUT2D eigenvalue weighted by atomic mass is 16.5. The number of anilines is 1. The monoisotopic (exact) mass is 619 g/mol. The Morgan fingerprint density at radius 3 is 2.36 bits per heavy atom. The molecule has 0 fully saturated rings. The van der Waals surface area contributed by atoms with Crippen LogP contribution in [0.5, 0.6) is 11.5 Å². The van der Waals surface area contributed by atoms with Crippen LogP contribution in [0.25, 0.3) is 0 Å². The van der Waals surface area contributed by atoms with Crippen LogP contribution in [0.15, 0.2) is 48.8 Å². The van der Waals surface area contributed by atoms with E-state index in [4.69, 9.17) is 10.5 Å². The van der Waals surface area contributed by atoms with Gasteiger partial charge in [0.05, 0.1) is 13.5 Å². The Morgan fingerprint density at radius 2 is 1.76 bits per heavy atom. The third kappa shape index (κ3) is 11.3. The van der Waals surface area contributed by atoms with Gasteiger partial charge >= 0.3 is 0 Å². The van der Waals surface area contributed by atoms with Crippen LogP contribution in [-0.4, -0.2) is 45.5 Å². The molecule has 0 aliphatic carbocycles. The molecular formula is C37H53N3O5. The van der Waals surface area contributed by atoms with E-state index in [2.05, 4.69) is 23.8 Å². The van der Waals surface area contributed by atoms with E-state index in [-0.39, 0.29) is 48.4 Å². The number of carbonyl (C=O) groups excluding carboxylic acids is 2. The number of ketones is 2. The van der Waals surface area contributed by atoms with Gasteiger partial charge in [0.2, 0.25) is 0 Å². The number of nitrogens with one attached hydrogen (secondary N) is 1. The summed E-state index contributed by atoms with van der Waals surface area (Å²) in [5, 5.41) is 21.9. The molecule has 0 spiro atoms. The number of rotatable bonds is 22. The van der Waals surface area contributed by atoms with E-state index in [0.717, 1.165) is 55.3 Å². The summed E-state index contributed by atoms with van der Waals surface area (Å²) in [5.74, 6) is 0.175. The minimum atomic E-state index is -0.438. The number of phenols is 1. The smallest absolute Gasteiger partial charge is 0.161 e. The number of nitrogens with zero attached hydrogens (tertiary/aromatic N) is 1. The number of aliphatic hydroxyl groups excluding tert-OH is 1. The largest absolute Gasteiger partial charge is 0.504 e. The van der Waals surface area contributed by atoms with Crippen LogP contribution in [-0.2, 0) is 22.4 Å². The second-order valence-electron chi connectivity index (χ2n) is 12.4. The molecule has 2 atom stereocenters. The second-order valence-corrected chi connectivity index (χ2v) is 12.4. The Labute approximate surface area is 268 Å². The Kier molecular flexibility index (Phi) is 15.1. The molecule has 8 nitrogen and oxygen atoms in total. The van der Waals surface area contributed by atoms with Crippen molar-refractivity contribution >= 4 is 17.4 Å². The minimum absolute atomic E-state index is 0.0229. The first-order valence-corrected chi connectivity index (χ1v) is 16.7. The summed E-state index contributed by atoms with van der Waals surface area (Å²) in [7, 11) is 1.49. The van der Waals surface area contributed by atoms with Gasteiger partial charge in [0.1, 0.15) is 17.4 Å². The van der Waals surface area contributed by atoms with E-state index < -0.39 is 5.92 Å². The highest BCUT2D eigenvalue weighted by molar-refractivity contribution is 5.99. The van der Waals surface area contributed by atoms with E-state index >= 15 is 0 Å². The summed E-state index contributed by atoms with van der Waals surface area (Å²) in [6, 6.07) is 11.1. The number of unbranched alkanes of at least 4 members (excludes halogenated alkanes) is 4. The summed E-state index contributed by atoms with van der Waals surface area (Å²) in [4.78, 5) is 33.3. The highest BCUT2D eigenvalue weighted by Gasteiger charge is 2.30. The van der Waals surface area contributed by atoms with Gasteiger partial charge in [-0.1, -0.05) is 71.3 Å². The van der Waals surface area contributed by atoms with Gasteiger partial charge in [-0.3, -0.25) is 9.59 Å². The van der Waals surface area contributed by atoms with Crippen LogP contribution in [0, 0.1) is 11.8 Å². The van der Waals surface area contributed by atoms with Gasteiger partial charge in [0.15, 0.2) is 11.5 Å². The van der Waals surface area contributed by atoms with Crippen molar-refractivity contribution in [3.8, 4) is 11.5 Å². The average Bonchev–Trinajstić information content (AvgIpc) is 3.54. The molecular weight excluding hydrogens is 566 g/mol. The fourth-order valence-corrected chi connectivity index (χ4v) is 6.36. The number of pyridine rings is 1. The standard InChI is InChI=1S/C37H53N3O5/c1-4-6-8-11-26(12-9-7-5-2)19-32(43)24-31(42)15-14-27-20-33(37(44)34(21-27)45-3)36(28-16-18-40-35(38)23-28)29(25-41)22-30-13-10-17-39-30/h10,13,16-18,20-21,23,26,29,36,39,41,44H,4-9,11-12,14-15,19,22,24-25H2,1-3H3,(H2,38,40). The lowest BCUT2D eigenvalue weighted by Crippen LogP contribution is -2.22. The van der Waals surface area contributed by atoms with Gasteiger partial charge < -0.3 is 25.7 Å². The number of aliphatic hydroxyl groups is 1. The number of hydrogen-bond acceptors (Lipinski definition) is 7. The predicted octanol–water partition coefficient (Wildman–Crippen LogP) is 7.32. The molecule has 5 N–H and O–H groups in total. The van der Waals surface area contributed by atoms with Crippen molar-refractivity contribution < 1.29 is 24.5 Å². The van der Waals surface area contributed by atoms with Crippen molar-refractivity contribution in [2.45, 2.75) is 103 Å². The van der Waals surface area contributed by atoms with Crippen LogP contribution in [0.3, 0.4) is 0 Å². The molecule has 0 saturated heterocycles. The number of nitrogens with two attached hydrogens (primary N) is 1. The van der Waals surface area contributed by atoms with Gasteiger partial charge in [-0.2, -0.15) is 0 Å². The van der Waals surface area contributed by atoms with Crippen LogP contribution in [0.2, 0.25) is 0 Å². The van der Waals surface area contributed by atoms with Gasteiger partial charge in [-0.05, 0) is 66.1 Å². The molecule has 0 saturated carbocycles. The Balaban J connectivity index is 1.78. The number of aromatic hydroxyl groups is 1. The number of ether oxygens (including phenoxy) is 1. The number of hydrogen-bond donors (Lipinski definition) is 4. The van der Waals surface area contributed by atoms with Gasteiger partial charge in [-0.15, -0.1) is 0 Å². The number of aromatic amines is 1. The molecule has 2 heterocycles. The Hall–Kier alpha value is -3.65. The zero-order valence-electron chi connectivity index (χ0n) is 27.4. The van der Waals surface area contributed by atoms with Gasteiger partial charge in [0, 0.05) is 49.0 Å². The highest BCUT2D eigenvalue weighted by Crippen LogP contribution is 2.43. The van der Waals surface area contributed by atoms with Crippen LogP contribution in [0.4, 0.5) is 5.82 Å². The summed E-state index contributed by atoms with van der Waals surface area (Å²) < 4.78 is 5.56. The molecule has 3 aromatic rings.